The van der Waals surface area contributed by atoms with Gasteiger partial charge in [-0.3, -0.25) is 9.59 Å². The number of phenols is 1. The van der Waals surface area contributed by atoms with Crippen molar-refractivity contribution in [2.45, 2.75) is 64.6 Å². The number of phenolic OH excluding ortho intramolecular Hbond substituents is 1. The Morgan fingerprint density at radius 1 is 1.24 bits per heavy atom. The van der Waals surface area contributed by atoms with Crippen molar-refractivity contribution in [3.8, 4) is 5.75 Å². The van der Waals surface area contributed by atoms with E-state index in [4.69, 9.17) is 4.74 Å². The number of nitrogens with zero attached hydrogens (tertiary/aromatic N) is 1. The first-order valence-electron chi connectivity index (χ1n) is 11.1. The number of carbonyl (C=O) groups excluding carboxylic acids is 3. The summed E-state index contributed by atoms with van der Waals surface area (Å²) in [6.07, 6.45) is 3.47. The molecule has 1 aromatic rings. The average Bonchev–Trinajstić information content (AvgIpc) is 2.74. The van der Waals surface area contributed by atoms with Gasteiger partial charge in [-0.15, -0.1) is 6.58 Å². The maximum Gasteiger partial charge on any atom is 0.408 e. The van der Waals surface area contributed by atoms with E-state index in [1.165, 1.54) is 17.0 Å². The maximum atomic E-state index is 13.5. The topological polar surface area (TPSA) is 108 Å². The van der Waals surface area contributed by atoms with Crippen molar-refractivity contribution in [2.24, 2.45) is 0 Å². The number of hydrogen-bond donors (Lipinski definition) is 4. The van der Waals surface area contributed by atoms with Gasteiger partial charge >= 0.3 is 6.09 Å². The molecule has 0 aromatic heterocycles. The summed E-state index contributed by atoms with van der Waals surface area (Å²) in [7, 11) is 0. The van der Waals surface area contributed by atoms with Crippen LogP contribution in [0.4, 0.5) is 4.79 Å². The lowest BCUT2D eigenvalue weighted by molar-refractivity contribution is -0.141. The third-order valence-electron chi connectivity index (χ3n) is 4.65. The quantitative estimate of drug-likeness (QED) is 0.208. The Kier molecular flexibility index (Phi) is 11.8. The van der Waals surface area contributed by atoms with Gasteiger partial charge in [0.05, 0.1) is 0 Å². The molecular weight excluding hydrogens is 442 g/mol. The molecule has 0 aliphatic rings. The number of thiol groups is 1. The molecule has 0 radical (unpaired) electrons. The molecule has 9 heteroatoms. The molecular formula is C24H37N3O5S. The first kappa shape index (κ1) is 28.4. The highest BCUT2D eigenvalue weighted by molar-refractivity contribution is 7.80. The van der Waals surface area contributed by atoms with Crippen LogP contribution in [0.2, 0.25) is 0 Å². The molecule has 3 amide bonds. The number of benzene rings is 1. The monoisotopic (exact) mass is 479 g/mol. The summed E-state index contributed by atoms with van der Waals surface area (Å²) in [5, 5.41) is 15.8. The van der Waals surface area contributed by atoms with Gasteiger partial charge in [0.1, 0.15) is 23.4 Å². The molecule has 0 aliphatic heterocycles. The highest BCUT2D eigenvalue weighted by atomic mass is 32.1. The number of nitrogens with one attached hydrogen (secondary N) is 2. The Morgan fingerprint density at radius 3 is 2.45 bits per heavy atom. The van der Waals surface area contributed by atoms with Crippen LogP contribution >= 0.6 is 12.6 Å². The third-order valence-corrected chi connectivity index (χ3v) is 5.02. The number of carbonyl (C=O) groups is 3. The Labute approximate surface area is 202 Å². The van der Waals surface area contributed by atoms with Crippen LogP contribution in [0.25, 0.3) is 0 Å². The first-order valence-corrected chi connectivity index (χ1v) is 11.8. The smallest absolute Gasteiger partial charge is 0.408 e. The molecule has 3 N–H and O–H groups in total. The third kappa shape index (κ3) is 9.37. The second-order valence-corrected chi connectivity index (χ2v) is 8.99. The normalized spacial score (nSPS) is 12.9. The summed E-state index contributed by atoms with van der Waals surface area (Å²) >= 11 is 4.22. The minimum atomic E-state index is -1.12. The number of rotatable bonds is 12. The minimum Gasteiger partial charge on any atom is -0.508 e. The molecule has 0 heterocycles. The van der Waals surface area contributed by atoms with E-state index in [0.717, 1.165) is 19.3 Å². The second-order valence-electron chi connectivity index (χ2n) is 8.62. The summed E-state index contributed by atoms with van der Waals surface area (Å²) in [6.45, 7) is 11.4. The molecule has 0 saturated carbocycles. The van der Waals surface area contributed by atoms with Gasteiger partial charge in [0.2, 0.25) is 11.8 Å². The number of aromatic hydroxyl groups is 1. The highest BCUT2D eigenvalue weighted by Gasteiger charge is 2.36. The number of alkyl carbamates (subject to hydrolysis) is 1. The molecule has 2 unspecified atom stereocenters. The lowest BCUT2D eigenvalue weighted by Gasteiger charge is -2.33. The van der Waals surface area contributed by atoms with Crippen molar-refractivity contribution in [3.05, 3.63) is 42.5 Å². The summed E-state index contributed by atoms with van der Waals surface area (Å²) < 4.78 is 5.25. The summed E-state index contributed by atoms with van der Waals surface area (Å²) in [5.41, 5.74) is -0.470. The summed E-state index contributed by atoms with van der Waals surface area (Å²) in [4.78, 5) is 40.2. The van der Waals surface area contributed by atoms with Crippen LogP contribution in [0.5, 0.6) is 5.75 Å². The predicted octanol–water partition coefficient (Wildman–Crippen LogP) is 3.58. The van der Waals surface area contributed by atoms with E-state index in [9.17, 15) is 19.5 Å². The van der Waals surface area contributed by atoms with E-state index in [2.05, 4.69) is 36.8 Å². The standard InChI is InChI=1S/C24H37N3O5S/c1-6-8-11-14-25-21(29)20(17-12-9-10-13-19(17)28)27(15-7-2)22(30)18(16-33)26-23(31)32-24(3,4)5/h7,9-10,12-13,18,20,28,33H,2,6,8,11,14-16H2,1,3-5H3,(H,25,29)(H,26,31). The first-order chi connectivity index (χ1) is 15.6. The van der Waals surface area contributed by atoms with E-state index >= 15 is 0 Å². The predicted molar refractivity (Wildman–Crippen MR) is 132 cm³/mol. The molecule has 1 rings (SSSR count). The molecule has 0 aliphatic carbocycles. The van der Waals surface area contributed by atoms with Crippen molar-refractivity contribution in [2.75, 3.05) is 18.8 Å². The molecule has 0 fully saturated rings. The van der Waals surface area contributed by atoms with Crippen LogP contribution in [0.1, 0.15) is 58.6 Å². The SMILES string of the molecule is C=CCN(C(=O)C(CS)NC(=O)OC(C)(C)C)C(C(=O)NCCCCC)c1ccccc1O. The fourth-order valence-corrected chi connectivity index (χ4v) is 3.40. The second kappa shape index (κ2) is 13.8. The molecule has 184 valence electrons. The number of hydrogen-bond acceptors (Lipinski definition) is 6. The van der Waals surface area contributed by atoms with Gasteiger partial charge in [-0.2, -0.15) is 12.6 Å². The van der Waals surface area contributed by atoms with E-state index in [0.29, 0.717) is 6.54 Å². The molecule has 0 bridgehead atoms. The summed E-state index contributed by atoms with van der Waals surface area (Å²) in [6, 6.07) is 4.18. The Hall–Kier alpha value is -2.68. The van der Waals surface area contributed by atoms with Crippen molar-refractivity contribution in [3.63, 3.8) is 0 Å². The van der Waals surface area contributed by atoms with Gasteiger partial charge in [0, 0.05) is 24.4 Å². The number of amides is 3. The molecule has 0 spiro atoms. The van der Waals surface area contributed by atoms with Gasteiger partial charge in [-0.05, 0) is 33.3 Å². The van der Waals surface area contributed by atoms with Crippen molar-refractivity contribution < 1.29 is 24.2 Å². The fourth-order valence-electron chi connectivity index (χ4n) is 3.15. The number of unbranched alkanes of at least 4 members (excludes halogenated alkanes) is 2. The fraction of sp³-hybridized carbons (Fsp3) is 0.542. The zero-order chi connectivity index (χ0) is 25.0. The van der Waals surface area contributed by atoms with Gasteiger partial charge < -0.3 is 25.4 Å². The lowest BCUT2D eigenvalue weighted by Crippen LogP contribution is -2.53. The van der Waals surface area contributed by atoms with Crippen LogP contribution in [0, 0.1) is 0 Å². The van der Waals surface area contributed by atoms with E-state index in [1.807, 2.05) is 0 Å². The van der Waals surface area contributed by atoms with Crippen molar-refractivity contribution >= 4 is 30.5 Å². The van der Waals surface area contributed by atoms with Gasteiger partial charge in [0.25, 0.3) is 0 Å². The van der Waals surface area contributed by atoms with E-state index in [-0.39, 0.29) is 23.6 Å². The van der Waals surface area contributed by atoms with E-state index < -0.39 is 35.6 Å². The minimum absolute atomic E-state index is 0.0144. The summed E-state index contributed by atoms with van der Waals surface area (Å²) in [5.74, 6) is -1.11. The average molecular weight is 480 g/mol. The van der Waals surface area contributed by atoms with Gasteiger partial charge in [-0.25, -0.2) is 4.79 Å². The molecule has 2 atom stereocenters. The largest absolute Gasteiger partial charge is 0.508 e. The van der Waals surface area contributed by atoms with Crippen LogP contribution < -0.4 is 10.6 Å². The molecule has 1 aromatic carbocycles. The van der Waals surface area contributed by atoms with Crippen molar-refractivity contribution in [1.29, 1.82) is 0 Å². The van der Waals surface area contributed by atoms with Crippen LogP contribution in [-0.4, -0.2) is 58.4 Å². The Bertz CT molecular complexity index is 810. The molecule has 0 saturated heterocycles. The maximum absolute atomic E-state index is 13.5. The number of ether oxygens (including phenoxy) is 1. The molecule has 8 nitrogen and oxygen atoms in total. The number of para-hydroxylation sites is 1. The van der Waals surface area contributed by atoms with Crippen LogP contribution in [0.3, 0.4) is 0 Å². The van der Waals surface area contributed by atoms with E-state index in [1.54, 1.807) is 39.0 Å². The Balaban J connectivity index is 3.26. The zero-order valence-electron chi connectivity index (χ0n) is 20.0. The van der Waals surface area contributed by atoms with Crippen LogP contribution in [-0.2, 0) is 14.3 Å². The lowest BCUT2D eigenvalue weighted by atomic mass is 10.0. The van der Waals surface area contributed by atoms with Gasteiger partial charge in [-0.1, -0.05) is 44.0 Å². The Morgan fingerprint density at radius 2 is 1.91 bits per heavy atom. The molecule has 33 heavy (non-hydrogen) atoms. The highest BCUT2D eigenvalue weighted by Crippen LogP contribution is 2.29. The van der Waals surface area contributed by atoms with Gasteiger partial charge in [0.15, 0.2) is 0 Å². The zero-order valence-corrected chi connectivity index (χ0v) is 20.9. The van der Waals surface area contributed by atoms with Crippen LogP contribution in [0.15, 0.2) is 36.9 Å². The van der Waals surface area contributed by atoms with Crippen molar-refractivity contribution in [1.82, 2.24) is 15.5 Å².